The molecule has 1 saturated heterocycles. The molecule has 1 aromatic carbocycles. The maximum Gasteiger partial charge on any atom is 0.319 e. The highest BCUT2D eigenvalue weighted by Gasteiger charge is 2.11. The van der Waals surface area contributed by atoms with Crippen molar-refractivity contribution in [3.05, 3.63) is 24.3 Å². The normalized spacial score (nSPS) is 16.9. The van der Waals surface area contributed by atoms with Gasteiger partial charge in [-0.3, -0.25) is 4.72 Å². The molecule has 1 aliphatic heterocycles. The summed E-state index contributed by atoms with van der Waals surface area (Å²) in [6.07, 6.45) is 3.73. The number of hydrogen-bond donors (Lipinski definition) is 1. The summed E-state index contributed by atoms with van der Waals surface area (Å²) in [5.41, 5.74) is 1.61. The quantitative estimate of drug-likeness (QED) is 0.862. The molecular formula is C11H15ClN2O2S. The summed E-state index contributed by atoms with van der Waals surface area (Å²) in [5, 5.41) is 0. The van der Waals surface area contributed by atoms with Crippen molar-refractivity contribution in [2.45, 2.75) is 19.3 Å². The molecule has 1 heterocycles. The van der Waals surface area contributed by atoms with Gasteiger partial charge in [-0.05, 0) is 43.5 Å². The van der Waals surface area contributed by atoms with E-state index in [0.717, 1.165) is 18.8 Å². The van der Waals surface area contributed by atoms with E-state index in [4.69, 9.17) is 10.7 Å². The van der Waals surface area contributed by atoms with E-state index in [0.29, 0.717) is 5.69 Å². The molecule has 2 rings (SSSR count). The summed E-state index contributed by atoms with van der Waals surface area (Å²) in [7, 11) is 1.40. The van der Waals surface area contributed by atoms with E-state index in [1.807, 2.05) is 12.1 Å². The van der Waals surface area contributed by atoms with Crippen LogP contribution in [0.4, 0.5) is 11.4 Å². The third-order valence-corrected chi connectivity index (χ3v) is 3.54. The molecule has 0 aliphatic carbocycles. The molecule has 0 saturated carbocycles. The average molecular weight is 275 g/mol. The average Bonchev–Trinajstić information content (AvgIpc) is 2.29. The molecule has 0 radical (unpaired) electrons. The Morgan fingerprint density at radius 1 is 1.06 bits per heavy atom. The molecule has 6 heteroatoms. The Morgan fingerprint density at radius 2 is 1.65 bits per heavy atom. The highest BCUT2D eigenvalue weighted by Crippen LogP contribution is 2.22. The molecule has 1 aliphatic rings. The second-order valence-corrected chi connectivity index (χ2v) is 6.43. The van der Waals surface area contributed by atoms with Gasteiger partial charge in [-0.1, -0.05) is 0 Å². The molecular weight excluding hydrogens is 260 g/mol. The summed E-state index contributed by atoms with van der Waals surface area (Å²) in [4.78, 5) is 2.31. The van der Waals surface area contributed by atoms with Crippen molar-refractivity contribution in [2.24, 2.45) is 0 Å². The van der Waals surface area contributed by atoms with Crippen LogP contribution in [0.2, 0.25) is 0 Å². The summed E-state index contributed by atoms with van der Waals surface area (Å²) in [6.45, 7) is 2.14. The lowest BCUT2D eigenvalue weighted by atomic mass is 10.1. The van der Waals surface area contributed by atoms with Gasteiger partial charge in [0.25, 0.3) is 0 Å². The summed E-state index contributed by atoms with van der Waals surface area (Å²) in [5.74, 6) is 0. The standard InChI is InChI=1S/C11H15ClN2O2S/c12-17(15,16)13-10-4-6-11(7-5-10)14-8-2-1-3-9-14/h4-7,13H,1-3,8-9H2. The maximum atomic E-state index is 10.8. The van der Waals surface area contributed by atoms with Crippen LogP contribution in [0.15, 0.2) is 24.3 Å². The molecule has 0 atom stereocenters. The van der Waals surface area contributed by atoms with Gasteiger partial charge in [-0.2, -0.15) is 8.42 Å². The molecule has 0 aromatic heterocycles. The van der Waals surface area contributed by atoms with Gasteiger partial charge in [-0.15, -0.1) is 0 Å². The first-order valence-electron chi connectivity index (χ1n) is 5.62. The van der Waals surface area contributed by atoms with Crippen LogP contribution >= 0.6 is 10.7 Å². The summed E-state index contributed by atoms with van der Waals surface area (Å²) < 4.78 is 23.9. The molecule has 94 valence electrons. The van der Waals surface area contributed by atoms with Crippen molar-refractivity contribution >= 4 is 31.3 Å². The maximum absolute atomic E-state index is 10.8. The Labute approximate surface area is 106 Å². The molecule has 1 aromatic rings. The molecule has 0 amide bonds. The van der Waals surface area contributed by atoms with Crippen LogP contribution in [0, 0.1) is 0 Å². The van der Waals surface area contributed by atoms with Gasteiger partial charge in [0.05, 0.1) is 0 Å². The van der Waals surface area contributed by atoms with E-state index in [2.05, 4.69) is 9.62 Å². The minimum absolute atomic E-state index is 0.487. The Kier molecular flexibility index (Phi) is 3.79. The van der Waals surface area contributed by atoms with E-state index in [-0.39, 0.29) is 0 Å². The fourth-order valence-corrected chi connectivity index (χ4v) is 2.72. The minimum atomic E-state index is -3.71. The zero-order valence-electron chi connectivity index (χ0n) is 9.39. The third-order valence-electron chi connectivity index (χ3n) is 2.83. The van der Waals surface area contributed by atoms with Crippen LogP contribution in [-0.4, -0.2) is 21.5 Å². The molecule has 1 N–H and O–H groups in total. The van der Waals surface area contributed by atoms with Crippen LogP contribution < -0.4 is 9.62 Å². The smallest absolute Gasteiger partial charge is 0.319 e. The number of piperidine rings is 1. The molecule has 0 bridgehead atoms. The Hall–Kier alpha value is -0.940. The number of nitrogens with zero attached hydrogens (tertiary/aromatic N) is 1. The first-order chi connectivity index (χ1) is 8.04. The van der Waals surface area contributed by atoms with E-state index in [1.54, 1.807) is 12.1 Å². The first-order valence-corrected chi connectivity index (χ1v) is 7.93. The number of benzene rings is 1. The molecule has 4 nitrogen and oxygen atoms in total. The van der Waals surface area contributed by atoms with Crippen LogP contribution in [0.25, 0.3) is 0 Å². The van der Waals surface area contributed by atoms with Crippen molar-refractivity contribution in [2.75, 3.05) is 22.7 Å². The second-order valence-electron chi connectivity index (χ2n) is 4.13. The summed E-state index contributed by atoms with van der Waals surface area (Å²) >= 11 is 0. The van der Waals surface area contributed by atoms with Crippen LogP contribution in [-0.2, 0) is 9.24 Å². The van der Waals surface area contributed by atoms with Crippen molar-refractivity contribution in [1.82, 2.24) is 0 Å². The fourth-order valence-electron chi connectivity index (χ4n) is 2.03. The molecule has 0 spiro atoms. The predicted molar refractivity (Wildman–Crippen MR) is 70.9 cm³/mol. The SMILES string of the molecule is O=S(=O)(Cl)Nc1ccc(N2CCCCC2)cc1. The topological polar surface area (TPSA) is 49.4 Å². The van der Waals surface area contributed by atoms with E-state index in [1.165, 1.54) is 19.3 Å². The van der Waals surface area contributed by atoms with Gasteiger partial charge in [0.15, 0.2) is 0 Å². The van der Waals surface area contributed by atoms with E-state index >= 15 is 0 Å². The lowest BCUT2D eigenvalue weighted by molar-refractivity contribution is 0.578. The number of nitrogens with one attached hydrogen (secondary N) is 1. The van der Waals surface area contributed by atoms with Crippen molar-refractivity contribution in [3.8, 4) is 0 Å². The lowest BCUT2D eigenvalue weighted by Crippen LogP contribution is -2.29. The zero-order valence-corrected chi connectivity index (χ0v) is 11.0. The molecule has 0 unspecified atom stereocenters. The second kappa shape index (κ2) is 5.14. The van der Waals surface area contributed by atoms with Gasteiger partial charge in [0.1, 0.15) is 0 Å². The van der Waals surface area contributed by atoms with E-state index in [9.17, 15) is 8.42 Å². The largest absolute Gasteiger partial charge is 0.372 e. The Balaban J connectivity index is 2.07. The minimum Gasteiger partial charge on any atom is -0.372 e. The first kappa shape index (κ1) is 12.5. The Bertz CT molecular complexity index is 467. The summed E-state index contributed by atoms with van der Waals surface area (Å²) in [6, 6.07) is 7.28. The van der Waals surface area contributed by atoms with Crippen molar-refractivity contribution in [3.63, 3.8) is 0 Å². The zero-order chi connectivity index (χ0) is 12.3. The highest BCUT2D eigenvalue weighted by atomic mass is 35.7. The number of hydrogen-bond acceptors (Lipinski definition) is 3. The van der Waals surface area contributed by atoms with Crippen LogP contribution in [0.5, 0.6) is 0 Å². The highest BCUT2D eigenvalue weighted by molar-refractivity contribution is 8.14. The number of anilines is 2. The lowest BCUT2D eigenvalue weighted by Gasteiger charge is -2.28. The van der Waals surface area contributed by atoms with Gasteiger partial charge in [0, 0.05) is 35.1 Å². The number of rotatable bonds is 3. The Morgan fingerprint density at radius 3 is 2.18 bits per heavy atom. The van der Waals surface area contributed by atoms with Gasteiger partial charge in [-0.25, -0.2) is 0 Å². The van der Waals surface area contributed by atoms with Gasteiger partial charge in [0.2, 0.25) is 0 Å². The molecule has 17 heavy (non-hydrogen) atoms. The van der Waals surface area contributed by atoms with Gasteiger partial charge < -0.3 is 4.90 Å². The van der Waals surface area contributed by atoms with Crippen LogP contribution in [0.1, 0.15) is 19.3 Å². The van der Waals surface area contributed by atoms with Crippen molar-refractivity contribution < 1.29 is 8.42 Å². The monoisotopic (exact) mass is 274 g/mol. The van der Waals surface area contributed by atoms with Crippen molar-refractivity contribution in [1.29, 1.82) is 0 Å². The van der Waals surface area contributed by atoms with E-state index < -0.39 is 9.24 Å². The number of halogens is 1. The third kappa shape index (κ3) is 3.78. The molecule has 1 fully saturated rings. The predicted octanol–water partition coefficient (Wildman–Crippen LogP) is 2.57. The fraction of sp³-hybridized carbons (Fsp3) is 0.455. The van der Waals surface area contributed by atoms with Gasteiger partial charge >= 0.3 is 9.24 Å². The van der Waals surface area contributed by atoms with Crippen LogP contribution in [0.3, 0.4) is 0 Å².